The summed E-state index contributed by atoms with van der Waals surface area (Å²) in [5.41, 5.74) is 0.914. The van der Waals surface area contributed by atoms with E-state index in [1.54, 1.807) is 6.08 Å². The molecule has 23 heavy (non-hydrogen) atoms. The van der Waals surface area contributed by atoms with Crippen LogP contribution in [0.15, 0.2) is 43.0 Å². The number of rotatable bonds is 5. The lowest BCUT2D eigenvalue weighted by Crippen LogP contribution is -2.62. The van der Waals surface area contributed by atoms with E-state index in [0.717, 1.165) is 5.56 Å². The van der Waals surface area contributed by atoms with Crippen LogP contribution in [0.4, 0.5) is 0 Å². The van der Waals surface area contributed by atoms with Crippen molar-refractivity contribution in [3.05, 3.63) is 48.6 Å². The fourth-order valence-electron chi connectivity index (χ4n) is 2.91. The van der Waals surface area contributed by atoms with Crippen molar-refractivity contribution in [2.75, 3.05) is 20.3 Å². The molecule has 6 nitrogen and oxygen atoms in total. The number of aliphatic hydroxyl groups is 1. The van der Waals surface area contributed by atoms with Gasteiger partial charge in [0.2, 0.25) is 0 Å². The largest absolute Gasteiger partial charge is 0.385 e. The van der Waals surface area contributed by atoms with Crippen LogP contribution >= 0.6 is 0 Å². The van der Waals surface area contributed by atoms with Gasteiger partial charge in [-0.15, -0.1) is 6.58 Å². The van der Waals surface area contributed by atoms with Gasteiger partial charge in [0.05, 0.1) is 13.2 Å². The maximum atomic E-state index is 10.4. The number of benzene rings is 1. The summed E-state index contributed by atoms with van der Waals surface area (Å²) < 4.78 is 28.4. The molecule has 0 saturated carbocycles. The van der Waals surface area contributed by atoms with E-state index in [4.69, 9.17) is 23.7 Å². The Morgan fingerprint density at radius 3 is 2.78 bits per heavy atom. The van der Waals surface area contributed by atoms with E-state index in [1.807, 2.05) is 30.3 Å². The molecule has 1 unspecified atom stereocenters. The van der Waals surface area contributed by atoms with Gasteiger partial charge in [0, 0.05) is 12.7 Å². The van der Waals surface area contributed by atoms with Gasteiger partial charge in [-0.25, -0.2) is 0 Å². The molecule has 2 aliphatic heterocycles. The molecule has 2 fully saturated rings. The quantitative estimate of drug-likeness (QED) is 0.827. The molecule has 0 bridgehead atoms. The minimum Gasteiger partial charge on any atom is -0.385 e. The van der Waals surface area contributed by atoms with E-state index in [9.17, 15) is 5.11 Å². The molecule has 126 valence electrons. The Morgan fingerprint density at radius 2 is 2.09 bits per heavy atom. The van der Waals surface area contributed by atoms with Crippen molar-refractivity contribution in [1.82, 2.24) is 0 Å². The lowest BCUT2D eigenvalue weighted by Gasteiger charge is -2.47. The standard InChI is InChI=1S/C17H22O6/c1-3-9-20-15-13(18)17(19-2)22-12-10-21-16(23-14(12)15)11-7-5-4-6-8-11/h3-8,12-18H,1,9-10H2,2H3/t12-,13+,14+,15+,16?,17-/m1/s1. The van der Waals surface area contributed by atoms with Crippen LogP contribution in [0, 0.1) is 0 Å². The van der Waals surface area contributed by atoms with Crippen LogP contribution < -0.4 is 0 Å². The summed E-state index contributed by atoms with van der Waals surface area (Å²) in [7, 11) is 1.48. The third-order valence-corrected chi connectivity index (χ3v) is 4.02. The highest BCUT2D eigenvalue weighted by Crippen LogP contribution is 2.35. The lowest BCUT2D eigenvalue weighted by molar-refractivity contribution is -0.362. The van der Waals surface area contributed by atoms with E-state index in [-0.39, 0.29) is 6.10 Å². The molecule has 2 saturated heterocycles. The summed E-state index contributed by atoms with van der Waals surface area (Å²) in [6, 6.07) is 9.65. The second kappa shape index (κ2) is 7.53. The highest BCUT2D eigenvalue weighted by molar-refractivity contribution is 5.16. The fraction of sp³-hybridized carbons (Fsp3) is 0.529. The Morgan fingerprint density at radius 1 is 1.30 bits per heavy atom. The van der Waals surface area contributed by atoms with Gasteiger partial charge < -0.3 is 28.8 Å². The fourth-order valence-corrected chi connectivity index (χ4v) is 2.91. The van der Waals surface area contributed by atoms with Crippen LogP contribution in [0.25, 0.3) is 0 Å². The Bertz CT molecular complexity index is 507. The smallest absolute Gasteiger partial charge is 0.186 e. The van der Waals surface area contributed by atoms with Crippen LogP contribution in [-0.2, 0) is 23.7 Å². The van der Waals surface area contributed by atoms with E-state index < -0.39 is 30.9 Å². The van der Waals surface area contributed by atoms with Gasteiger partial charge in [-0.2, -0.15) is 0 Å². The number of ether oxygens (including phenoxy) is 5. The molecular weight excluding hydrogens is 300 g/mol. The summed E-state index contributed by atoms with van der Waals surface area (Å²) in [5.74, 6) is 0. The topological polar surface area (TPSA) is 66.4 Å². The lowest BCUT2D eigenvalue weighted by atomic mass is 9.97. The van der Waals surface area contributed by atoms with Crippen LogP contribution in [0.5, 0.6) is 0 Å². The molecule has 1 N–H and O–H groups in total. The van der Waals surface area contributed by atoms with E-state index in [0.29, 0.717) is 13.2 Å². The first-order valence-electron chi connectivity index (χ1n) is 7.65. The zero-order chi connectivity index (χ0) is 16.2. The van der Waals surface area contributed by atoms with Crippen molar-refractivity contribution >= 4 is 0 Å². The van der Waals surface area contributed by atoms with Gasteiger partial charge in [0.15, 0.2) is 12.6 Å². The second-order valence-corrected chi connectivity index (χ2v) is 5.53. The van der Waals surface area contributed by atoms with E-state index in [1.165, 1.54) is 7.11 Å². The molecule has 6 heteroatoms. The number of hydrogen-bond donors (Lipinski definition) is 1. The summed E-state index contributed by atoms with van der Waals surface area (Å²) in [6.45, 7) is 4.29. The predicted octanol–water partition coefficient (Wildman–Crippen LogP) is 1.40. The van der Waals surface area contributed by atoms with Gasteiger partial charge in [0.25, 0.3) is 0 Å². The molecule has 1 aromatic rings. The Labute approximate surface area is 135 Å². The molecule has 1 aromatic carbocycles. The monoisotopic (exact) mass is 322 g/mol. The van der Waals surface area contributed by atoms with Crippen molar-refractivity contribution < 1.29 is 28.8 Å². The minimum atomic E-state index is -0.948. The van der Waals surface area contributed by atoms with Gasteiger partial charge in [-0.3, -0.25) is 0 Å². The molecule has 0 amide bonds. The predicted molar refractivity (Wildman–Crippen MR) is 81.6 cm³/mol. The van der Waals surface area contributed by atoms with Crippen molar-refractivity contribution in [2.45, 2.75) is 37.0 Å². The normalized spacial score (nSPS) is 37.1. The van der Waals surface area contributed by atoms with E-state index in [2.05, 4.69) is 6.58 Å². The molecule has 0 spiro atoms. The molecule has 2 aliphatic rings. The van der Waals surface area contributed by atoms with E-state index >= 15 is 0 Å². The average Bonchev–Trinajstić information content (AvgIpc) is 2.61. The molecule has 2 heterocycles. The number of methoxy groups -OCH3 is 1. The highest BCUT2D eigenvalue weighted by atomic mass is 16.8. The van der Waals surface area contributed by atoms with Gasteiger partial charge in [-0.1, -0.05) is 36.4 Å². The van der Waals surface area contributed by atoms with Gasteiger partial charge in [-0.05, 0) is 0 Å². The first-order valence-corrected chi connectivity index (χ1v) is 7.65. The number of aliphatic hydroxyl groups excluding tert-OH is 1. The second-order valence-electron chi connectivity index (χ2n) is 5.53. The molecule has 0 aliphatic carbocycles. The summed E-state index contributed by atoms with van der Waals surface area (Å²) in [6.07, 6.45) is -1.99. The Balaban J connectivity index is 1.77. The van der Waals surface area contributed by atoms with Crippen LogP contribution in [0.2, 0.25) is 0 Å². The molecule has 0 aromatic heterocycles. The van der Waals surface area contributed by atoms with Crippen molar-refractivity contribution in [2.24, 2.45) is 0 Å². The average molecular weight is 322 g/mol. The number of hydrogen-bond acceptors (Lipinski definition) is 6. The highest BCUT2D eigenvalue weighted by Gasteiger charge is 2.50. The first kappa shape index (κ1) is 16.6. The van der Waals surface area contributed by atoms with Crippen LogP contribution in [0.3, 0.4) is 0 Å². The van der Waals surface area contributed by atoms with Crippen LogP contribution in [-0.4, -0.2) is 56.1 Å². The molecular formula is C17H22O6. The maximum Gasteiger partial charge on any atom is 0.186 e. The zero-order valence-corrected chi connectivity index (χ0v) is 13.0. The molecule has 6 atom stereocenters. The zero-order valence-electron chi connectivity index (χ0n) is 13.0. The minimum absolute atomic E-state index is 0.307. The Kier molecular flexibility index (Phi) is 5.42. The first-order chi connectivity index (χ1) is 11.2. The van der Waals surface area contributed by atoms with Crippen molar-refractivity contribution in [1.29, 1.82) is 0 Å². The van der Waals surface area contributed by atoms with Crippen molar-refractivity contribution in [3.63, 3.8) is 0 Å². The SMILES string of the molecule is C=CCO[C@H]1[C@H](O)[C@H](OC)O[C@@H]2COC(c3ccccc3)O[C@H]12. The number of fused-ring (bicyclic) bond motifs is 1. The third kappa shape index (κ3) is 3.47. The van der Waals surface area contributed by atoms with Gasteiger partial charge >= 0.3 is 0 Å². The Hall–Kier alpha value is -1.28. The molecule has 3 rings (SSSR count). The third-order valence-electron chi connectivity index (χ3n) is 4.02. The van der Waals surface area contributed by atoms with Crippen LogP contribution in [0.1, 0.15) is 11.9 Å². The van der Waals surface area contributed by atoms with Gasteiger partial charge in [0.1, 0.15) is 24.4 Å². The maximum absolute atomic E-state index is 10.4. The summed E-state index contributed by atoms with van der Waals surface area (Å²) in [5, 5.41) is 10.4. The summed E-state index contributed by atoms with van der Waals surface area (Å²) >= 11 is 0. The molecule has 0 radical (unpaired) electrons. The van der Waals surface area contributed by atoms with Crippen molar-refractivity contribution in [3.8, 4) is 0 Å². The summed E-state index contributed by atoms with van der Waals surface area (Å²) in [4.78, 5) is 0.